The van der Waals surface area contributed by atoms with E-state index in [1.54, 1.807) is 6.07 Å². The van der Waals surface area contributed by atoms with Crippen molar-refractivity contribution in [3.8, 4) is 28.1 Å². The van der Waals surface area contributed by atoms with Crippen molar-refractivity contribution < 1.29 is 4.74 Å². The first-order valence-electron chi connectivity index (χ1n) is 9.31. The van der Waals surface area contributed by atoms with Crippen LogP contribution in [0.25, 0.3) is 27.2 Å². The molecule has 5 heteroatoms. The minimum atomic E-state index is 0.408. The summed E-state index contributed by atoms with van der Waals surface area (Å²) in [5, 5.41) is 7.38. The summed E-state index contributed by atoms with van der Waals surface area (Å²) in [6.45, 7) is 11.5. The van der Waals surface area contributed by atoms with E-state index in [-0.39, 0.29) is 0 Å². The maximum absolute atomic E-state index is 7.13. The molecule has 0 spiro atoms. The molecule has 0 saturated carbocycles. The molecule has 0 aliphatic carbocycles. The zero-order chi connectivity index (χ0) is 20.2. The highest BCUT2D eigenvalue weighted by Gasteiger charge is 2.12. The topological polar surface area (TPSA) is 55.2 Å². The van der Waals surface area contributed by atoms with Gasteiger partial charge in [-0.2, -0.15) is 5.10 Å². The van der Waals surface area contributed by atoms with Gasteiger partial charge < -0.3 is 4.74 Å². The maximum atomic E-state index is 7.13. The molecule has 142 valence electrons. The summed E-state index contributed by atoms with van der Waals surface area (Å²) in [5.41, 5.74) is 7.59. The third-order valence-electron chi connectivity index (χ3n) is 4.60. The van der Waals surface area contributed by atoms with E-state index in [4.69, 9.17) is 11.3 Å². The van der Waals surface area contributed by atoms with Gasteiger partial charge in [0.05, 0.1) is 18.5 Å². The highest BCUT2D eigenvalue weighted by atomic mass is 16.5. The lowest BCUT2D eigenvalue weighted by Crippen LogP contribution is -1.95. The number of hydrogen-bond donors (Lipinski definition) is 1. The number of aromatic amines is 1. The lowest BCUT2D eigenvalue weighted by Gasteiger charge is -2.10. The molecule has 0 unspecified atom stereocenters. The second-order valence-electron chi connectivity index (χ2n) is 6.90. The Morgan fingerprint density at radius 1 is 0.966 bits per heavy atom. The fraction of sp³-hybridized carbons (Fsp3) is 0.125. The van der Waals surface area contributed by atoms with E-state index >= 15 is 0 Å². The quantitative estimate of drug-likeness (QED) is 0.440. The summed E-state index contributed by atoms with van der Waals surface area (Å²) in [6, 6.07) is 19.5. The second-order valence-corrected chi connectivity index (χ2v) is 6.90. The van der Waals surface area contributed by atoms with Crippen molar-refractivity contribution in [1.82, 2.24) is 15.2 Å². The minimum Gasteiger partial charge on any atom is -0.489 e. The fourth-order valence-electron chi connectivity index (χ4n) is 3.34. The van der Waals surface area contributed by atoms with Crippen molar-refractivity contribution in [2.24, 2.45) is 0 Å². The van der Waals surface area contributed by atoms with Gasteiger partial charge in [-0.15, -0.1) is 0 Å². The number of hydrogen-bond acceptors (Lipinski definition) is 3. The number of rotatable bonds is 5. The highest BCUT2D eigenvalue weighted by Crippen LogP contribution is 2.32. The standard InChI is InChI=1S/C24H20N4O/c1-16-10-20(11-17(2)27-16)23-14-26-28-24(23)19-7-5-9-22(13-19)29-15-18-6-4-8-21(12-18)25-3/h4-14H,15H2,1-2H3,(H,26,28). The normalized spacial score (nSPS) is 10.5. The number of H-pyrrole nitrogens is 1. The molecular weight excluding hydrogens is 360 g/mol. The van der Waals surface area contributed by atoms with E-state index in [1.807, 2.05) is 62.5 Å². The van der Waals surface area contributed by atoms with Crippen LogP contribution < -0.4 is 4.74 Å². The lowest BCUT2D eigenvalue weighted by molar-refractivity contribution is 0.306. The summed E-state index contributed by atoms with van der Waals surface area (Å²) >= 11 is 0. The van der Waals surface area contributed by atoms with Crippen LogP contribution in [-0.4, -0.2) is 15.2 Å². The van der Waals surface area contributed by atoms with E-state index in [9.17, 15) is 0 Å². The summed E-state index contributed by atoms with van der Waals surface area (Å²) in [4.78, 5) is 7.92. The number of aryl methyl sites for hydroxylation is 2. The van der Waals surface area contributed by atoms with E-state index in [2.05, 4.69) is 32.2 Å². The Bertz CT molecular complexity index is 1180. The SMILES string of the molecule is [C-]#[N+]c1cccc(COc2cccc(-c3[nH]ncc3-c3cc(C)nc(C)c3)c2)c1. The van der Waals surface area contributed by atoms with Crippen LogP contribution in [0.2, 0.25) is 0 Å². The lowest BCUT2D eigenvalue weighted by atomic mass is 10.0. The molecule has 1 N–H and O–H groups in total. The first kappa shape index (κ1) is 18.5. The molecular formula is C24H20N4O. The van der Waals surface area contributed by atoms with Gasteiger partial charge in [-0.3, -0.25) is 10.1 Å². The van der Waals surface area contributed by atoms with Crippen LogP contribution >= 0.6 is 0 Å². The van der Waals surface area contributed by atoms with Crippen molar-refractivity contribution in [2.75, 3.05) is 0 Å². The van der Waals surface area contributed by atoms with Gasteiger partial charge in [0.25, 0.3) is 0 Å². The number of aromatic nitrogens is 3. The monoisotopic (exact) mass is 380 g/mol. The van der Waals surface area contributed by atoms with E-state index in [0.29, 0.717) is 12.3 Å². The number of ether oxygens (including phenoxy) is 1. The van der Waals surface area contributed by atoms with Crippen molar-refractivity contribution >= 4 is 5.69 Å². The largest absolute Gasteiger partial charge is 0.489 e. The fourth-order valence-corrected chi connectivity index (χ4v) is 3.34. The van der Waals surface area contributed by atoms with Crippen LogP contribution in [0.3, 0.4) is 0 Å². The molecule has 2 aromatic heterocycles. The molecule has 5 nitrogen and oxygen atoms in total. The molecule has 0 atom stereocenters. The van der Waals surface area contributed by atoms with Gasteiger partial charge in [0.1, 0.15) is 12.4 Å². The molecule has 2 heterocycles. The molecule has 0 bridgehead atoms. The predicted molar refractivity (Wildman–Crippen MR) is 114 cm³/mol. The van der Waals surface area contributed by atoms with E-state index in [1.165, 1.54) is 0 Å². The molecule has 0 saturated heterocycles. The number of pyridine rings is 1. The van der Waals surface area contributed by atoms with Crippen molar-refractivity contribution in [3.05, 3.63) is 95.2 Å². The summed E-state index contributed by atoms with van der Waals surface area (Å²) in [5.74, 6) is 0.762. The van der Waals surface area contributed by atoms with Gasteiger partial charge in [0, 0.05) is 22.5 Å². The maximum Gasteiger partial charge on any atom is 0.187 e. The minimum absolute atomic E-state index is 0.408. The van der Waals surface area contributed by atoms with Crippen molar-refractivity contribution in [2.45, 2.75) is 20.5 Å². The molecule has 0 amide bonds. The van der Waals surface area contributed by atoms with Crippen LogP contribution in [0.5, 0.6) is 5.75 Å². The van der Waals surface area contributed by atoms with Gasteiger partial charge in [-0.25, -0.2) is 4.85 Å². The van der Waals surface area contributed by atoms with E-state index < -0.39 is 0 Å². The zero-order valence-corrected chi connectivity index (χ0v) is 16.3. The van der Waals surface area contributed by atoms with Crippen molar-refractivity contribution in [3.63, 3.8) is 0 Å². The Hall–Kier alpha value is -3.91. The average Bonchev–Trinajstić information content (AvgIpc) is 3.22. The molecule has 0 aliphatic rings. The molecule has 4 aromatic rings. The number of nitrogens with zero attached hydrogens (tertiary/aromatic N) is 3. The van der Waals surface area contributed by atoms with Gasteiger partial charge in [0.15, 0.2) is 5.69 Å². The predicted octanol–water partition coefficient (Wildman–Crippen LogP) is 5.89. The van der Waals surface area contributed by atoms with Gasteiger partial charge >= 0.3 is 0 Å². The van der Waals surface area contributed by atoms with Crippen LogP contribution in [-0.2, 0) is 6.61 Å². The van der Waals surface area contributed by atoms with Crippen molar-refractivity contribution in [1.29, 1.82) is 0 Å². The van der Waals surface area contributed by atoms with Crippen LogP contribution in [0.15, 0.2) is 66.9 Å². The molecule has 0 radical (unpaired) electrons. The summed E-state index contributed by atoms with van der Waals surface area (Å²) < 4.78 is 5.97. The Balaban J connectivity index is 1.60. The molecule has 4 rings (SSSR count). The molecule has 0 fully saturated rings. The van der Waals surface area contributed by atoms with Crippen LogP contribution in [0.4, 0.5) is 5.69 Å². The first-order valence-corrected chi connectivity index (χ1v) is 9.31. The first-order chi connectivity index (χ1) is 14.1. The van der Waals surface area contributed by atoms with Gasteiger partial charge in [-0.1, -0.05) is 30.3 Å². The zero-order valence-electron chi connectivity index (χ0n) is 16.3. The highest BCUT2D eigenvalue weighted by molar-refractivity contribution is 5.81. The third-order valence-corrected chi connectivity index (χ3v) is 4.60. The Morgan fingerprint density at radius 3 is 2.55 bits per heavy atom. The Morgan fingerprint density at radius 2 is 1.76 bits per heavy atom. The van der Waals surface area contributed by atoms with Crippen LogP contribution in [0, 0.1) is 20.4 Å². The molecule has 2 aromatic carbocycles. The third kappa shape index (κ3) is 4.17. The smallest absolute Gasteiger partial charge is 0.187 e. The molecule has 29 heavy (non-hydrogen) atoms. The average molecular weight is 380 g/mol. The Kier molecular flexibility index (Phi) is 5.08. The van der Waals surface area contributed by atoms with Crippen LogP contribution in [0.1, 0.15) is 17.0 Å². The number of nitrogens with one attached hydrogen (secondary N) is 1. The number of benzene rings is 2. The molecule has 0 aliphatic heterocycles. The summed E-state index contributed by atoms with van der Waals surface area (Å²) in [7, 11) is 0. The Labute approximate surface area is 169 Å². The van der Waals surface area contributed by atoms with Gasteiger partial charge in [0.2, 0.25) is 0 Å². The second kappa shape index (κ2) is 7.99. The van der Waals surface area contributed by atoms with E-state index in [0.717, 1.165) is 45.1 Å². The van der Waals surface area contributed by atoms with Gasteiger partial charge in [-0.05, 0) is 55.3 Å². The summed E-state index contributed by atoms with van der Waals surface area (Å²) in [6.07, 6.45) is 1.84.